The van der Waals surface area contributed by atoms with E-state index in [1.165, 1.54) is 6.20 Å². The zero-order valence-corrected chi connectivity index (χ0v) is 11.1. The molecule has 0 unspecified atom stereocenters. The standard InChI is InChI=1S/C15H14N2O2/c1-9-4-12(15(19-3)5-10(9)2)13-6-11(7-16)14(18)8-17-13/h4-6,8,18H,1-3H3. The second kappa shape index (κ2) is 4.99. The lowest BCUT2D eigenvalue weighted by Gasteiger charge is -2.11. The molecule has 0 radical (unpaired) electrons. The number of aryl methyl sites for hydroxylation is 2. The van der Waals surface area contributed by atoms with Crippen molar-refractivity contribution >= 4 is 0 Å². The summed E-state index contributed by atoms with van der Waals surface area (Å²) >= 11 is 0. The number of rotatable bonds is 2. The predicted molar refractivity (Wildman–Crippen MR) is 72.1 cm³/mol. The fourth-order valence-corrected chi connectivity index (χ4v) is 1.84. The molecule has 0 saturated heterocycles. The number of nitriles is 1. The minimum absolute atomic E-state index is 0.117. The number of aromatic nitrogens is 1. The molecular weight excluding hydrogens is 240 g/mol. The highest BCUT2D eigenvalue weighted by Crippen LogP contribution is 2.32. The molecule has 0 bridgehead atoms. The van der Waals surface area contributed by atoms with E-state index in [4.69, 9.17) is 10.00 Å². The van der Waals surface area contributed by atoms with Crippen molar-refractivity contribution in [2.24, 2.45) is 0 Å². The van der Waals surface area contributed by atoms with E-state index in [-0.39, 0.29) is 11.3 Å². The lowest BCUT2D eigenvalue weighted by molar-refractivity contribution is 0.416. The van der Waals surface area contributed by atoms with Gasteiger partial charge in [0, 0.05) is 5.56 Å². The second-order valence-electron chi connectivity index (χ2n) is 4.34. The summed E-state index contributed by atoms with van der Waals surface area (Å²) in [6.07, 6.45) is 1.28. The van der Waals surface area contributed by atoms with Crippen LogP contribution in [0.25, 0.3) is 11.3 Å². The molecule has 2 aromatic rings. The van der Waals surface area contributed by atoms with Gasteiger partial charge < -0.3 is 9.84 Å². The topological polar surface area (TPSA) is 66.1 Å². The van der Waals surface area contributed by atoms with Gasteiger partial charge in [-0.3, -0.25) is 4.98 Å². The van der Waals surface area contributed by atoms with Gasteiger partial charge in [-0.25, -0.2) is 0 Å². The Balaban J connectivity index is 2.65. The molecule has 2 rings (SSSR count). The Kier molecular flexibility index (Phi) is 3.39. The van der Waals surface area contributed by atoms with Crippen LogP contribution in [-0.4, -0.2) is 17.2 Å². The summed E-state index contributed by atoms with van der Waals surface area (Å²) in [6, 6.07) is 7.40. The quantitative estimate of drug-likeness (QED) is 0.894. The van der Waals surface area contributed by atoms with Gasteiger partial charge in [0.15, 0.2) is 5.75 Å². The average molecular weight is 254 g/mol. The van der Waals surface area contributed by atoms with Gasteiger partial charge >= 0.3 is 0 Å². The van der Waals surface area contributed by atoms with E-state index in [2.05, 4.69) is 4.98 Å². The van der Waals surface area contributed by atoms with Crippen LogP contribution >= 0.6 is 0 Å². The summed E-state index contributed by atoms with van der Waals surface area (Å²) in [7, 11) is 1.60. The van der Waals surface area contributed by atoms with Crippen molar-refractivity contribution in [1.82, 2.24) is 4.98 Å². The van der Waals surface area contributed by atoms with Gasteiger partial charge in [-0.15, -0.1) is 0 Å². The summed E-state index contributed by atoms with van der Waals surface area (Å²) in [5, 5.41) is 18.4. The Labute approximate surface area is 111 Å². The number of hydrogen-bond acceptors (Lipinski definition) is 4. The number of pyridine rings is 1. The molecule has 0 spiro atoms. The van der Waals surface area contributed by atoms with Gasteiger partial charge in [0.05, 0.1) is 24.6 Å². The third kappa shape index (κ3) is 2.36. The Hall–Kier alpha value is -2.54. The smallest absolute Gasteiger partial charge is 0.151 e. The Bertz CT molecular complexity index is 673. The molecular formula is C15H14N2O2. The van der Waals surface area contributed by atoms with Crippen molar-refractivity contribution in [3.8, 4) is 28.8 Å². The molecule has 1 aromatic carbocycles. The molecule has 0 fully saturated rings. The van der Waals surface area contributed by atoms with Crippen molar-refractivity contribution in [2.75, 3.05) is 7.11 Å². The van der Waals surface area contributed by atoms with E-state index in [0.29, 0.717) is 11.4 Å². The van der Waals surface area contributed by atoms with Crippen molar-refractivity contribution in [3.63, 3.8) is 0 Å². The van der Waals surface area contributed by atoms with E-state index in [1.807, 2.05) is 32.0 Å². The molecule has 0 aliphatic rings. The number of aromatic hydroxyl groups is 1. The average Bonchev–Trinajstić information content (AvgIpc) is 2.42. The monoisotopic (exact) mass is 254 g/mol. The van der Waals surface area contributed by atoms with Crippen molar-refractivity contribution < 1.29 is 9.84 Å². The van der Waals surface area contributed by atoms with Gasteiger partial charge in [-0.05, 0) is 43.2 Å². The fraction of sp³-hybridized carbons (Fsp3) is 0.200. The van der Waals surface area contributed by atoms with E-state index in [0.717, 1.165) is 16.7 Å². The number of nitrogens with zero attached hydrogens (tertiary/aromatic N) is 2. The number of hydrogen-bond donors (Lipinski definition) is 1. The first-order valence-corrected chi connectivity index (χ1v) is 5.81. The maximum absolute atomic E-state index is 9.49. The van der Waals surface area contributed by atoms with Crippen LogP contribution in [0.3, 0.4) is 0 Å². The molecule has 0 amide bonds. The van der Waals surface area contributed by atoms with Crippen LogP contribution < -0.4 is 4.74 Å². The lowest BCUT2D eigenvalue weighted by Crippen LogP contribution is -1.94. The van der Waals surface area contributed by atoms with Crippen molar-refractivity contribution in [3.05, 3.63) is 41.1 Å². The summed E-state index contributed by atoms with van der Waals surface area (Å²) in [4.78, 5) is 4.16. The normalized spacial score (nSPS) is 10.0. The summed E-state index contributed by atoms with van der Waals surface area (Å²) in [6.45, 7) is 4.01. The highest BCUT2D eigenvalue weighted by atomic mass is 16.5. The number of benzene rings is 1. The van der Waals surface area contributed by atoms with E-state index >= 15 is 0 Å². The Morgan fingerprint density at radius 2 is 1.89 bits per heavy atom. The highest BCUT2D eigenvalue weighted by Gasteiger charge is 2.12. The third-order valence-electron chi connectivity index (χ3n) is 3.10. The Morgan fingerprint density at radius 1 is 1.21 bits per heavy atom. The Morgan fingerprint density at radius 3 is 2.53 bits per heavy atom. The minimum Gasteiger partial charge on any atom is -0.505 e. The van der Waals surface area contributed by atoms with Crippen molar-refractivity contribution in [1.29, 1.82) is 5.26 Å². The van der Waals surface area contributed by atoms with E-state index < -0.39 is 0 Å². The molecule has 4 heteroatoms. The molecule has 1 aromatic heterocycles. The lowest BCUT2D eigenvalue weighted by atomic mass is 10.0. The van der Waals surface area contributed by atoms with Gasteiger partial charge in [-0.2, -0.15) is 5.26 Å². The maximum Gasteiger partial charge on any atom is 0.151 e. The predicted octanol–water partition coefficient (Wildman–Crippen LogP) is 2.95. The van der Waals surface area contributed by atoms with E-state index in [9.17, 15) is 5.11 Å². The summed E-state index contributed by atoms with van der Waals surface area (Å²) in [5.41, 5.74) is 3.85. The molecule has 0 atom stereocenters. The first-order valence-electron chi connectivity index (χ1n) is 5.81. The van der Waals surface area contributed by atoms with Gasteiger partial charge in [-0.1, -0.05) is 0 Å². The van der Waals surface area contributed by atoms with Crippen LogP contribution in [0.4, 0.5) is 0 Å². The van der Waals surface area contributed by atoms with Crippen LogP contribution in [0.1, 0.15) is 16.7 Å². The van der Waals surface area contributed by atoms with Gasteiger partial charge in [0.2, 0.25) is 0 Å². The summed E-state index contributed by atoms with van der Waals surface area (Å²) < 4.78 is 5.35. The maximum atomic E-state index is 9.49. The molecule has 0 saturated carbocycles. The molecule has 4 nitrogen and oxygen atoms in total. The van der Waals surface area contributed by atoms with Gasteiger partial charge in [0.1, 0.15) is 11.8 Å². The third-order valence-corrected chi connectivity index (χ3v) is 3.10. The van der Waals surface area contributed by atoms with Crippen LogP contribution in [0.2, 0.25) is 0 Å². The minimum atomic E-state index is -0.117. The van der Waals surface area contributed by atoms with Gasteiger partial charge in [0.25, 0.3) is 0 Å². The fourth-order valence-electron chi connectivity index (χ4n) is 1.84. The molecule has 19 heavy (non-hydrogen) atoms. The van der Waals surface area contributed by atoms with Crippen LogP contribution in [0.15, 0.2) is 24.4 Å². The molecule has 0 aliphatic heterocycles. The molecule has 0 aliphatic carbocycles. The zero-order chi connectivity index (χ0) is 14.0. The molecule has 1 N–H and O–H groups in total. The molecule has 1 heterocycles. The van der Waals surface area contributed by atoms with Crippen LogP contribution in [0, 0.1) is 25.2 Å². The summed E-state index contributed by atoms with van der Waals surface area (Å²) in [5.74, 6) is 0.583. The van der Waals surface area contributed by atoms with E-state index in [1.54, 1.807) is 13.2 Å². The number of ether oxygens (including phenoxy) is 1. The van der Waals surface area contributed by atoms with Crippen LogP contribution in [-0.2, 0) is 0 Å². The first-order chi connectivity index (χ1) is 9.06. The second-order valence-corrected chi connectivity index (χ2v) is 4.34. The highest BCUT2D eigenvalue weighted by molar-refractivity contribution is 5.70. The van der Waals surface area contributed by atoms with Crippen molar-refractivity contribution in [2.45, 2.75) is 13.8 Å². The zero-order valence-electron chi connectivity index (χ0n) is 11.1. The number of methoxy groups -OCH3 is 1. The first kappa shape index (κ1) is 12.9. The molecule has 96 valence electrons. The largest absolute Gasteiger partial charge is 0.505 e. The van der Waals surface area contributed by atoms with Crippen LogP contribution in [0.5, 0.6) is 11.5 Å². The SMILES string of the molecule is COc1cc(C)c(C)cc1-c1cc(C#N)c(O)cn1.